The summed E-state index contributed by atoms with van der Waals surface area (Å²) < 4.78 is 0. The van der Waals surface area contributed by atoms with Crippen molar-refractivity contribution in [3.63, 3.8) is 0 Å². The van der Waals surface area contributed by atoms with Gasteiger partial charge in [0.1, 0.15) is 0 Å². The first-order valence-corrected chi connectivity index (χ1v) is 6.77. The number of aliphatic hydroxyl groups excluding tert-OH is 1. The quantitative estimate of drug-likeness (QED) is 0.790. The molecule has 0 bridgehead atoms. The summed E-state index contributed by atoms with van der Waals surface area (Å²) >= 11 is 0. The van der Waals surface area contributed by atoms with Crippen molar-refractivity contribution in [3.8, 4) is 0 Å². The molecule has 106 valence electrons. The van der Waals surface area contributed by atoms with Crippen LogP contribution in [-0.2, 0) is 11.2 Å². The van der Waals surface area contributed by atoms with Crippen LogP contribution in [0.15, 0.2) is 24.3 Å². The Morgan fingerprint density at radius 1 is 1.42 bits per heavy atom. The van der Waals surface area contributed by atoms with E-state index in [0.29, 0.717) is 19.5 Å². The number of hydrogen-bond donors (Lipinski definition) is 2. The number of likely N-dealkylation sites (N-methyl/N-ethyl adjacent to an activating group) is 1. The number of aliphatic hydroxyl groups is 1. The second-order valence-electron chi connectivity index (χ2n) is 4.93. The third-order valence-corrected chi connectivity index (χ3v) is 3.01. The minimum absolute atomic E-state index is 0.0195. The molecule has 2 N–H and O–H groups in total. The number of nitrogens with zero attached hydrogens (tertiary/aromatic N) is 1. The number of benzene rings is 1. The number of amides is 1. The van der Waals surface area contributed by atoms with E-state index in [-0.39, 0.29) is 12.0 Å². The molecule has 1 amide bonds. The molecule has 0 saturated carbocycles. The van der Waals surface area contributed by atoms with Crippen LogP contribution in [0.1, 0.15) is 25.8 Å². The van der Waals surface area contributed by atoms with E-state index in [1.807, 2.05) is 36.2 Å². The molecule has 4 nitrogen and oxygen atoms in total. The van der Waals surface area contributed by atoms with Gasteiger partial charge in [0.05, 0.1) is 12.6 Å². The molecular weight excluding hydrogens is 240 g/mol. The Bertz CT molecular complexity index is 405. The number of nitrogens with one attached hydrogen (secondary N) is 1. The second kappa shape index (κ2) is 7.92. The van der Waals surface area contributed by atoms with Gasteiger partial charge in [-0.15, -0.1) is 0 Å². The van der Waals surface area contributed by atoms with E-state index in [9.17, 15) is 9.90 Å². The minimum atomic E-state index is -0.327. The Labute approximate surface area is 115 Å². The average molecular weight is 264 g/mol. The lowest BCUT2D eigenvalue weighted by Gasteiger charge is -2.17. The summed E-state index contributed by atoms with van der Waals surface area (Å²) in [5.74, 6) is -0.0195. The predicted octanol–water partition coefficient (Wildman–Crippen LogP) is 1.89. The normalized spacial score (nSPS) is 12.5. The lowest BCUT2D eigenvalue weighted by atomic mass is 10.1. The summed E-state index contributed by atoms with van der Waals surface area (Å²) in [6.07, 6.45) is 1.25. The smallest absolute Gasteiger partial charge is 0.238 e. The molecule has 0 aromatic heterocycles. The van der Waals surface area contributed by atoms with Crippen molar-refractivity contribution in [1.82, 2.24) is 4.90 Å². The second-order valence-corrected chi connectivity index (χ2v) is 4.93. The van der Waals surface area contributed by atoms with E-state index in [4.69, 9.17) is 0 Å². The highest BCUT2D eigenvalue weighted by Crippen LogP contribution is 2.15. The first kappa shape index (κ1) is 15.7. The summed E-state index contributed by atoms with van der Waals surface area (Å²) in [5.41, 5.74) is 2.03. The molecule has 0 radical (unpaired) electrons. The molecule has 1 atom stereocenters. The molecule has 19 heavy (non-hydrogen) atoms. The van der Waals surface area contributed by atoms with E-state index in [1.165, 1.54) is 0 Å². The molecule has 0 aliphatic heterocycles. The van der Waals surface area contributed by atoms with Gasteiger partial charge in [0.2, 0.25) is 5.91 Å². The monoisotopic (exact) mass is 264 g/mol. The van der Waals surface area contributed by atoms with Crippen molar-refractivity contribution >= 4 is 11.6 Å². The van der Waals surface area contributed by atoms with Gasteiger partial charge in [-0.25, -0.2) is 0 Å². The highest BCUT2D eigenvalue weighted by Gasteiger charge is 2.09. The predicted molar refractivity (Wildman–Crippen MR) is 78.2 cm³/mol. The molecule has 1 rings (SSSR count). The number of rotatable bonds is 7. The molecule has 0 spiro atoms. The van der Waals surface area contributed by atoms with Crippen molar-refractivity contribution in [1.29, 1.82) is 0 Å². The van der Waals surface area contributed by atoms with Crippen LogP contribution in [0, 0.1) is 0 Å². The van der Waals surface area contributed by atoms with Crippen LogP contribution in [0.25, 0.3) is 0 Å². The molecule has 0 heterocycles. The van der Waals surface area contributed by atoms with Crippen LogP contribution in [0.5, 0.6) is 0 Å². The Hall–Kier alpha value is -1.39. The van der Waals surface area contributed by atoms with Crippen LogP contribution < -0.4 is 5.32 Å². The number of anilines is 1. The van der Waals surface area contributed by atoms with E-state index >= 15 is 0 Å². The van der Waals surface area contributed by atoms with Crippen molar-refractivity contribution < 1.29 is 9.90 Å². The standard InChI is InChI=1S/C15H24N2O2/c1-4-13-7-5-6-8-14(13)16-15(19)11-17(3)10-9-12(2)18/h5-8,12,18H,4,9-11H2,1-3H3,(H,16,19). The van der Waals surface area contributed by atoms with Crippen LogP contribution in [0.4, 0.5) is 5.69 Å². The number of carbonyl (C=O) groups is 1. The highest BCUT2D eigenvalue weighted by molar-refractivity contribution is 5.92. The maximum Gasteiger partial charge on any atom is 0.238 e. The molecule has 1 aromatic carbocycles. The van der Waals surface area contributed by atoms with Crippen molar-refractivity contribution in [2.75, 3.05) is 25.5 Å². The molecule has 4 heteroatoms. The van der Waals surface area contributed by atoms with Crippen LogP contribution >= 0.6 is 0 Å². The Morgan fingerprint density at radius 3 is 2.74 bits per heavy atom. The fourth-order valence-electron chi connectivity index (χ4n) is 1.87. The lowest BCUT2D eigenvalue weighted by molar-refractivity contribution is -0.117. The van der Waals surface area contributed by atoms with Crippen LogP contribution in [-0.4, -0.2) is 42.2 Å². The molecule has 0 fully saturated rings. The Kier molecular flexibility index (Phi) is 6.53. The molecular formula is C15H24N2O2. The molecule has 0 saturated heterocycles. The van der Waals surface area contributed by atoms with Gasteiger partial charge >= 0.3 is 0 Å². The summed E-state index contributed by atoms with van der Waals surface area (Å²) in [5, 5.41) is 12.1. The average Bonchev–Trinajstić information content (AvgIpc) is 2.37. The summed E-state index contributed by atoms with van der Waals surface area (Å²) in [6, 6.07) is 7.84. The fraction of sp³-hybridized carbons (Fsp3) is 0.533. The highest BCUT2D eigenvalue weighted by atomic mass is 16.3. The van der Waals surface area contributed by atoms with Crippen molar-refractivity contribution in [2.45, 2.75) is 32.8 Å². The number of aryl methyl sites for hydroxylation is 1. The number of carbonyl (C=O) groups excluding carboxylic acids is 1. The third-order valence-electron chi connectivity index (χ3n) is 3.01. The zero-order valence-corrected chi connectivity index (χ0v) is 12.0. The largest absolute Gasteiger partial charge is 0.393 e. The van der Waals surface area contributed by atoms with E-state index in [0.717, 1.165) is 17.7 Å². The van der Waals surface area contributed by atoms with E-state index in [1.54, 1.807) is 6.92 Å². The first-order valence-electron chi connectivity index (χ1n) is 6.77. The van der Waals surface area contributed by atoms with E-state index in [2.05, 4.69) is 12.2 Å². The van der Waals surface area contributed by atoms with E-state index < -0.39 is 0 Å². The van der Waals surface area contributed by atoms with Gasteiger partial charge in [-0.1, -0.05) is 25.1 Å². The number of hydrogen-bond acceptors (Lipinski definition) is 3. The van der Waals surface area contributed by atoms with Gasteiger partial charge in [0, 0.05) is 12.2 Å². The van der Waals surface area contributed by atoms with Gasteiger partial charge in [0.25, 0.3) is 0 Å². The molecule has 0 aliphatic rings. The maximum atomic E-state index is 11.9. The van der Waals surface area contributed by atoms with Gasteiger partial charge in [-0.05, 0) is 38.4 Å². The summed E-state index contributed by atoms with van der Waals surface area (Å²) in [6.45, 7) is 4.87. The molecule has 0 aliphatic carbocycles. The van der Waals surface area contributed by atoms with Crippen LogP contribution in [0.2, 0.25) is 0 Å². The summed E-state index contributed by atoms with van der Waals surface area (Å²) in [4.78, 5) is 13.8. The van der Waals surface area contributed by atoms with Crippen molar-refractivity contribution in [3.05, 3.63) is 29.8 Å². The topological polar surface area (TPSA) is 52.6 Å². The molecule has 1 unspecified atom stereocenters. The maximum absolute atomic E-state index is 11.9. The van der Waals surface area contributed by atoms with Gasteiger partial charge < -0.3 is 10.4 Å². The zero-order valence-electron chi connectivity index (χ0n) is 12.0. The summed E-state index contributed by atoms with van der Waals surface area (Å²) in [7, 11) is 1.88. The third kappa shape index (κ3) is 5.85. The Balaban J connectivity index is 2.46. The minimum Gasteiger partial charge on any atom is -0.393 e. The fourth-order valence-corrected chi connectivity index (χ4v) is 1.87. The SMILES string of the molecule is CCc1ccccc1NC(=O)CN(C)CCC(C)O. The lowest BCUT2D eigenvalue weighted by Crippen LogP contribution is -2.32. The van der Waals surface area contributed by atoms with Gasteiger partial charge in [-0.2, -0.15) is 0 Å². The zero-order chi connectivity index (χ0) is 14.3. The van der Waals surface area contributed by atoms with Crippen LogP contribution in [0.3, 0.4) is 0 Å². The van der Waals surface area contributed by atoms with Gasteiger partial charge in [0.15, 0.2) is 0 Å². The van der Waals surface area contributed by atoms with Crippen molar-refractivity contribution in [2.24, 2.45) is 0 Å². The first-order chi connectivity index (χ1) is 9.02. The molecule has 1 aromatic rings. The Morgan fingerprint density at radius 2 is 2.11 bits per heavy atom. The number of para-hydroxylation sites is 1. The van der Waals surface area contributed by atoms with Gasteiger partial charge in [-0.3, -0.25) is 9.69 Å².